The van der Waals surface area contributed by atoms with Crippen LogP contribution < -0.4 is 10.6 Å². The van der Waals surface area contributed by atoms with Crippen LogP contribution in [0.2, 0.25) is 0 Å². The van der Waals surface area contributed by atoms with E-state index in [0.29, 0.717) is 18.7 Å². The topological polar surface area (TPSA) is 71.1 Å². The highest BCUT2D eigenvalue weighted by Gasteiger charge is 2.40. The molecule has 110 valence electrons. The maximum absolute atomic E-state index is 12.1. The number of pyridine rings is 1. The third-order valence-corrected chi connectivity index (χ3v) is 4.37. The van der Waals surface area contributed by atoms with Crippen LogP contribution in [0.4, 0.5) is 0 Å². The maximum atomic E-state index is 12.1. The summed E-state index contributed by atoms with van der Waals surface area (Å²) in [6, 6.07) is 5.29. The third-order valence-electron chi connectivity index (χ3n) is 4.37. The second kappa shape index (κ2) is 5.68. The lowest BCUT2D eigenvalue weighted by Gasteiger charge is -2.42. The number of fused-ring (bicyclic) bond motifs is 1. The Labute approximate surface area is 123 Å². The van der Waals surface area contributed by atoms with E-state index in [1.807, 2.05) is 0 Å². The summed E-state index contributed by atoms with van der Waals surface area (Å²) >= 11 is 0. The zero-order chi connectivity index (χ0) is 14.7. The number of allylic oxidation sites excluding steroid dienone is 1. The standard InChI is InChI=1S/C16H19N3O2/c20-14-7-9-16(8-3-1-6-13(16)19-14)11-18-15(21)12-5-2-4-10-17-12/h2,4-6,10H,1,3,7-9,11H2,(H,18,21)(H,19,20). The van der Waals surface area contributed by atoms with Gasteiger partial charge in [0, 0.05) is 30.3 Å². The van der Waals surface area contributed by atoms with E-state index in [-0.39, 0.29) is 17.2 Å². The van der Waals surface area contributed by atoms with E-state index in [0.717, 1.165) is 31.4 Å². The van der Waals surface area contributed by atoms with Crippen molar-refractivity contribution in [2.75, 3.05) is 6.54 Å². The van der Waals surface area contributed by atoms with Gasteiger partial charge in [-0.25, -0.2) is 0 Å². The smallest absolute Gasteiger partial charge is 0.269 e. The van der Waals surface area contributed by atoms with Gasteiger partial charge in [0.2, 0.25) is 5.91 Å². The number of hydrogen-bond acceptors (Lipinski definition) is 3. The first-order valence-corrected chi connectivity index (χ1v) is 7.39. The van der Waals surface area contributed by atoms with Crippen LogP contribution in [0.5, 0.6) is 0 Å². The molecule has 1 aromatic rings. The summed E-state index contributed by atoms with van der Waals surface area (Å²) in [7, 11) is 0. The molecule has 2 amide bonds. The van der Waals surface area contributed by atoms with E-state index in [2.05, 4.69) is 21.7 Å². The molecule has 1 aliphatic heterocycles. The van der Waals surface area contributed by atoms with E-state index in [4.69, 9.17) is 0 Å². The Morgan fingerprint density at radius 3 is 3.10 bits per heavy atom. The number of carbonyl (C=O) groups excluding carboxylic acids is 2. The van der Waals surface area contributed by atoms with Crippen molar-refractivity contribution in [2.24, 2.45) is 5.41 Å². The van der Waals surface area contributed by atoms with Gasteiger partial charge in [-0.3, -0.25) is 14.6 Å². The second-order valence-electron chi connectivity index (χ2n) is 5.74. The number of aromatic nitrogens is 1. The molecule has 0 radical (unpaired) electrons. The van der Waals surface area contributed by atoms with Crippen LogP contribution in [0.25, 0.3) is 0 Å². The Kier molecular flexibility index (Phi) is 3.73. The molecule has 1 aliphatic carbocycles. The van der Waals surface area contributed by atoms with Gasteiger partial charge in [0.05, 0.1) is 0 Å². The maximum Gasteiger partial charge on any atom is 0.269 e. The predicted molar refractivity (Wildman–Crippen MR) is 78.3 cm³/mol. The highest BCUT2D eigenvalue weighted by Crippen LogP contribution is 2.42. The Balaban J connectivity index is 1.71. The average molecular weight is 285 g/mol. The number of nitrogens with one attached hydrogen (secondary N) is 2. The van der Waals surface area contributed by atoms with Gasteiger partial charge in [-0.1, -0.05) is 12.1 Å². The van der Waals surface area contributed by atoms with E-state index < -0.39 is 0 Å². The van der Waals surface area contributed by atoms with Gasteiger partial charge in [0.25, 0.3) is 5.91 Å². The van der Waals surface area contributed by atoms with Crippen molar-refractivity contribution in [1.82, 2.24) is 15.6 Å². The van der Waals surface area contributed by atoms with Crippen molar-refractivity contribution in [3.63, 3.8) is 0 Å². The molecule has 21 heavy (non-hydrogen) atoms. The normalized spacial score (nSPS) is 24.6. The molecular formula is C16H19N3O2. The molecule has 1 fully saturated rings. The number of piperidine rings is 1. The van der Waals surface area contributed by atoms with Crippen molar-refractivity contribution in [2.45, 2.75) is 32.1 Å². The Hall–Kier alpha value is -2.17. The highest BCUT2D eigenvalue weighted by molar-refractivity contribution is 5.92. The minimum absolute atomic E-state index is 0.0785. The Morgan fingerprint density at radius 2 is 2.29 bits per heavy atom. The minimum Gasteiger partial charge on any atom is -0.350 e. The van der Waals surface area contributed by atoms with E-state index >= 15 is 0 Å². The summed E-state index contributed by atoms with van der Waals surface area (Å²) in [5.41, 5.74) is 1.30. The first kappa shape index (κ1) is 13.8. The fourth-order valence-electron chi connectivity index (χ4n) is 3.16. The third kappa shape index (κ3) is 2.82. The summed E-state index contributed by atoms with van der Waals surface area (Å²) in [6.07, 6.45) is 8.13. The molecule has 2 heterocycles. The van der Waals surface area contributed by atoms with Crippen molar-refractivity contribution in [1.29, 1.82) is 0 Å². The van der Waals surface area contributed by atoms with Gasteiger partial charge in [-0.2, -0.15) is 0 Å². The molecule has 1 aromatic heterocycles. The predicted octanol–water partition coefficient (Wildman–Crippen LogP) is 1.78. The molecule has 0 saturated carbocycles. The van der Waals surface area contributed by atoms with E-state index in [1.54, 1.807) is 24.4 Å². The second-order valence-corrected chi connectivity index (χ2v) is 5.74. The number of hydrogen-bond donors (Lipinski definition) is 2. The van der Waals surface area contributed by atoms with Gasteiger partial charge in [0.1, 0.15) is 5.69 Å². The molecule has 2 aliphatic rings. The molecular weight excluding hydrogens is 266 g/mol. The molecule has 1 unspecified atom stereocenters. The fraction of sp³-hybridized carbons (Fsp3) is 0.438. The quantitative estimate of drug-likeness (QED) is 0.889. The summed E-state index contributed by atoms with van der Waals surface area (Å²) < 4.78 is 0. The van der Waals surface area contributed by atoms with Crippen LogP contribution >= 0.6 is 0 Å². The van der Waals surface area contributed by atoms with Crippen molar-refractivity contribution in [3.05, 3.63) is 41.9 Å². The SMILES string of the molecule is O=C1CCC2(CNC(=O)c3ccccn3)CCCC=C2N1. The van der Waals surface area contributed by atoms with Crippen molar-refractivity contribution in [3.8, 4) is 0 Å². The number of nitrogens with zero attached hydrogens (tertiary/aromatic N) is 1. The van der Waals surface area contributed by atoms with Crippen LogP contribution in [0, 0.1) is 5.41 Å². The van der Waals surface area contributed by atoms with Crippen LogP contribution in [-0.4, -0.2) is 23.3 Å². The molecule has 1 atom stereocenters. The van der Waals surface area contributed by atoms with Crippen molar-refractivity contribution >= 4 is 11.8 Å². The first-order chi connectivity index (χ1) is 10.2. The highest BCUT2D eigenvalue weighted by atomic mass is 16.2. The molecule has 1 saturated heterocycles. The van der Waals surface area contributed by atoms with E-state index in [9.17, 15) is 9.59 Å². The van der Waals surface area contributed by atoms with Gasteiger partial charge in [-0.15, -0.1) is 0 Å². The first-order valence-electron chi connectivity index (χ1n) is 7.39. The summed E-state index contributed by atoms with van der Waals surface area (Å²) in [4.78, 5) is 27.8. The fourth-order valence-corrected chi connectivity index (χ4v) is 3.16. The molecule has 2 N–H and O–H groups in total. The number of amides is 2. The van der Waals surface area contributed by atoms with Crippen LogP contribution in [0.1, 0.15) is 42.6 Å². The Morgan fingerprint density at radius 1 is 1.38 bits per heavy atom. The van der Waals surface area contributed by atoms with Gasteiger partial charge < -0.3 is 10.6 Å². The molecule has 5 heteroatoms. The molecule has 3 rings (SSSR count). The van der Waals surface area contributed by atoms with Gasteiger partial charge >= 0.3 is 0 Å². The molecule has 5 nitrogen and oxygen atoms in total. The molecule has 0 spiro atoms. The lowest BCUT2D eigenvalue weighted by molar-refractivity contribution is -0.122. The van der Waals surface area contributed by atoms with Crippen molar-refractivity contribution < 1.29 is 9.59 Å². The summed E-state index contributed by atoms with van der Waals surface area (Å²) in [5, 5.41) is 5.96. The largest absolute Gasteiger partial charge is 0.350 e. The molecule has 0 bridgehead atoms. The van der Waals surface area contributed by atoms with Crippen LogP contribution in [0.3, 0.4) is 0 Å². The number of rotatable bonds is 3. The van der Waals surface area contributed by atoms with Gasteiger partial charge in [-0.05, 0) is 37.8 Å². The monoisotopic (exact) mass is 285 g/mol. The minimum atomic E-state index is -0.160. The van der Waals surface area contributed by atoms with Gasteiger partial charge in [0.15, 0.2) is 0 Å². The Bertz CT molecular complexity index is 582. The van der Waals surface area contributed by atoms with Crippen LogP contribution in [0.15, 0.2) is 36.2 Å². The van der Waals surface area contributed by atoms with E-state index in [1.165, 1.54) is 0 Å². The lowest BCUT2D eigenvalue weighted by atomic mass is 9.70. The summed E-state index contributed by atoms with van der Waals surface area (Å²) in [5.74, 6) is -0.0818. The van der Waals surface area contributed by atoms with Crippen LogP contribution in [-0.2, 0) is 4.79 Å². The number of carbonyl (C=O) groups is 2. The lowest BCUT2D eigenvalue weighted by Crippen LogP contribution is -2.48. The summed E-state index contributed by atoms with van der Waals surface area (Å²) in [6.45, 7) is 0.550. The molecule has 0 aromatic carbocycles. The zero-order valence-corrected chi connectivity index (χ0v) is 11.9. The average Bonchev–Trinajstić information content (AvgIpc) is 2.54. The zero-order valence-electron chi connectivity index (χ0n) is 11.9.